The summed E-state index contributed by atoms with van der Waals surface area (Å²) in [6.45, 7) is 0. The average Bonchev–Trinajstić information content (AvgIpc) is 2.75. The van der Waals surface area contributed by atoms with Crippen molar-refractivity contribution in [2.24, 2.45) is 7.05 Å². The number of nitrogens with zero attached hydrogens (tertiary/aromatic N) is 3. The van der Waals surface area contributed by atoms with Crippen molar-refractivity contribution in [3.63, 3.8) is 0 Å². The van der Waals surface area contributed by atoms with Gasteiger partial charge in [-0.05, 0) is 12.1 Å². The van der Waals surface area contributed by atoms with E-state index >= 15 is 0 Å². The van der Waals surface area contributed by atoms with E-state index in [0.717, 1.165) is 6.07 Å². The van der Waals surface area contributed by atoms with Gasteiger partial charge in [0.15, 0.2) is 5.82 Å². The van der Waals surface area contributed by atoms with E-state index in [2.05, 4.69) is 4.98 Å². The molecule has 0 spiro atoms. The van der Waals surface area contributed by atoms with E-state index in [1.54, 1.807) is 17.8 Å². The molecule has 18 heavy (non-hydrogen) atoms. The van der Waals surface area contributed by atoms with E-state index in [-0.39, 0.29) is 27.9 Å². The van der Waals surface area contributed by atoms with Crippen molar-refractivity contribution in [2.45, 2.75) is 0 Å². The van der Waals surface area contributed by atoms with Crippen LogP contribution in [0.15, 0.2) is 30.6 Å². The van der Waals surface area contributed by atoms with Crippen molar-refractivity contribution < 1.29 is 9.72 Å². The van der Waals surface area contributed by atoms with Gasteiger partial charge in [-0.15, -0.1) is 0 Å². The lowest BCUT2D eigenvalue weighted by Gasteiger charge is -2.02. The van der Waals surface area contributed by atoms with Gasteiger partial charge in [0.05, 0.1) is 4.92 Å². The Morgan fingerprint density at radius 3 is 2.78 bits per heavy atom. The lowest BCUT2D eigenvalue weighted by Crippen LogP contribution is -2.09. The van der Waals surface area contributed by atoms with Crippen LogP contribution in [-0.4, -0.2) is 20.3 Å². The minimum atomic E-state index is -0.627. The standard InChI is InChI=1S/C11H8ClN3O3/c1-14-5-4-13-11(14)10(16)7-2-3-8(12)9(6-7)15(17)18/h2-6H,1H3. The monoisotopic (exact) mass is 265 g/mol. The zero-order valence-corrected chi connectivity index (χ0v) is 10.1. The Bertz CT molecular complexity index is 636. The SMILES string of the molecule is Cn1ccnc1C(=O)c1ccc(Cl)c([N+](=O)[O-])c1. The first-order chi connectivity index (χ1) is 8.50. The molecule has 6 nitrogen and oxygen atoms in total. The molecule has 0 atom stereocenters. The Labute approximate surface area is 107 Å². The highest BCUT2D eigenvalue weighted by atomic mass is 35.5. The van der Waals surface area contributed by atoms with Crippen LogP contribution in [-0.2, 0) is 7.05 Å². The van der Waals surface area contributed by atoms with Gasteiger partial charge in [0.25, 0.3) is 5.69 Å². The average molecular weight is 266 g/mol. The summed E-state index contributed by atoms with van der Waals surface area (Å²) in [5.41, 5.74) is -0.114. The van der Waals surface area contributed by atoms with Crippen molar-refractivity contribution in [3.05, 3.63) is 57.1 Å². The molecular formula is C11H8ClN3O3. The third kappa shape index (κ3) is 2.10. The second-order valence-corrected chi connectivity index (χ2v) is 4.02. The van der Waals surface area contributed by atoms with Gasteiger partial charge in [-0.25, -0.2) is 4.98 Å². The summed E-state index contributed by atoms with van der Waals surface area (Å²) in [6, 6.07) is 3.92. The topological polar surface area (TPSA) is 78.0 Å². The Morgan fingerprint density at radius 1 is 1.50 bits per heavy atom. The molecule has 0 aliphatic rings. The summed E-state index contributed by atoms with van der Waals surface area (Å²) >= 11 is 5.68. The number of imidazole rings is 1. The molecule has 0 aliphatic carbocycles. The molecule has 2 rings (SSSR count). The highest BCUT2D eigenvalue weighted by Gasteiger charge is 2.19. The highest BCUT2D eigenvalue weighted by molar-refractivity contribution is 6.32. The summed E-state index contributed by atoms with van der Waals surface area (Å²) < 4.78 is 1.54. The second-order valence-electron chi connectivity index (χ2n) is 3.61. The van der Waals surface area contributed by atoms with Gasteiger partial charge in [0.1, 0.15) is 5.02 Å². The molecule has 0 radical (unpaired) electrons. The number of nitro groups is 1. The zero-order chi connectivity index (χ0) is 13.3. The molecule has 2 aromatic rings. The Hall–Kier alpha value is -2.21. The predicted molar refractivity (Wildman–Crippen MR) is 64.7 cm³/mol. The smallest absolute Gasteiger partial charge is 0.288 e. The molecule has 0 unspecified atom stereocenters. The van der Waals surface area contributed by atoms with E-state index in [4.69, 9.17) is 11.6 Å². The molecular weight excluding hydrogens is 258 g/mol. The summed E-state index contributed by atoms with van der Waals surface area (Å²) in [6.07, 6.45) is 3.11. The molecule has 1 aromatic heterocycles. The lowest BCUT2D eigenvalue weighted by molar-refractivity contribution is -0.384. The number of nitro benzene ring substituents is 1. The van der Waals surface area contributed by atoms with Crippen LogP contribution in [0.5, 0.6) is 0 Å². The van der Waals surface area contributed by atoms with E-state index in [1.165, 1.54) is 18.3 Å². The van der Waals surface area contributed by atoms with Crippen LogP contribution in [0.3, 0.4) is 0 Å². The molecule has 0 fully saturated rings. The van der Waals surface area contributed by atoms with Crippen LogP contribution < -0.4 is 0 Å². The first-order valence-electron chi connectivity index (χ1n) is 4.96. The van der Waals surface area contributed by atoms with Crippen LogP contribution >= 0.6 is 11.6 Å². The summed E-state index contributed by atoms with van der Waals surface area (Å²) in [5.74, 6) is -0.172. The fraction of sp³-hybridized carbons (Fsp3) is 0.0909. The Balaban J connectivity index is 2.47. The molecule has 0 aliphatic heterocycles. The van der Waals surface area contributed by atoms with E-state index in [9.17, 15) is 14.9 Å². The third-order valence-corrected chi connectivity index (χ3v) is 2.75. The molecule has 1 aromatic carbocycles. The number of carbonyl (C=O) groups is 1. The van der Waals surface area contributed by atoms with Crippen molar-refractivity contribution >= 4 is 23.1 Å². The quantitative estimate of drug-likeness (QED) is 0.484. The van der Waals surface area contributed by atoms with Gasteiger partial charge in [-0.3, -0.25) is 14.9 Å². The van der Waals surface area contributed by atoms with Crippen LogP contribution in [0.1, 0.15) is 16.2 Å². The number of hydrogen-bond acceptors (Lipinski definition) is 4. The van der Waals surface area contributed by atoms with Gasteiger partial charge < -0.3 is 4.57 Å². The maximum atomic E-state index is 12.1. The maximum Gasteiger partial charge on any atom is 0.288 e. The van der Waals surface area contributed by atoms with Crippen LogP contribution in [0.25, 0.3) is 0 Å². The summed E-state index contributed by atoms with van der Waals surface area (Å²) in [5, 5.41) is 10.7. The fourth-order valence-corrected chi connectivity index (χ4v) is 1.69. The number of rotatable bonds is 3. The lowest BCUT2D eigenvalue weighted by atomic mass is 10.1. The van der Waals surface area contributed by atoms with Gasteiger partial charge in [-0.2, -0.15) is 0 Å². The van der Waals surface area contributed by atoms with Crippen LogP contribution in [0.4, 0.5) is 5.69 Å². The Kier molecular flexibility index (Phi) is 3.12. The maximum absolute atomic E-state index is 12.1. The number of hydrogen-bond donors (Lipinski definition) is 0. The van der Waals surface area contributed by atoms with Gasteiger partial charge >= 0.3 is 0 Å². The molecule has 0 bridgehead atoms. The van der Waals surface area contributed by atoms with Crippen LogP contribution in [0, 0.1) is 10.1 Å². The zero-order valence-electron chi connectivity index (χ0n) is 9.33. The number of benzene rings is 1. The molecule has 92 valence electrons. The van der Waals surface area contributed by atoms with Crippen molar-refractivity contribution in [3.8, 4) is 0 Å². The fourth-order valence-electron chi connectivity index (χ4n) is 1.51. The molecule has 0 amide bonds. The first kappa shape index (κ1) is 12.3. The number of ketones is 1. The van der Waals surface area contributed by atoms with Crippen LogP contribution in [0.2, 0.25) is 5.02 Å². The highest BCUT2D eigenvalue weighted by Crippen LogP contribution is 2.25. The Morgan fingerprint density at radius 2 is 2.22 bits per heavy atom. The molecule has 0 saturated heterocycles. The minimum Gasteiger partial charge on any atom is -0.331 e. The van der Waals surface area contributed by atoms with Crippen molar-refractivity contribution in [1.29, 1.82) is 0 Å². The molecule has 1 heterocycles. The van der Waals surface area contributed by atoms with Gasteiger partial charge in [-0.1, -0.05) is 11.6 Å². The third-order valence-electron chi connectivity index (χ3n) is 2.43. The summed E-state index contributed by atoms with van der Waals surface area (Å²) in [7, 11) is 1.67. The summed E-state index contributed by atoms with van der Waals surface area (Å²) in [4.78, 5) is 26.1. The van der Waals surface area contributed by atoms with Gasteiger partial charge in [0, 0.05) is 31.1 Å². The van der Waals surface area contributed by atoms with Gasteiger partial charge in [0.2, 0.25) is 5.78 Å². The number of carbonyl (C=O) groups excluding carboxylic acids is 1. The van der Waals surface area contributed by atoms with E-state index < -0.39 is 4.92 Å². The number of halogens is 1. The molecule has 0 saturated carbocycles. The minimum absolute atomic E-state index is 0.00334. The molecule has 7 heteroatoms. The predicted octanol–water partition coefficient (Wildman–Crippen LogP) is 2.21. The van der Waals surface area contributed by atoms with Crippen molar-refractivity contribution in [2.75, 3.05) is 0 Å². The number of aryl methyl sites for hydroxylation is 1. The first-order valence-corrected chi connectivity index (χ1v) is 5.34. The van der Waals surface area contributed by atoms with E-state index in [0.29, 0.717) is 0 Å². The normalized spacial score (nSPS) is 10.3. The van der Waals surface area contributed by atoms with Crippen molar-refractivity contribution in [1.82, 2.24) is 9.55 Å². The molecule has 0 N–H and O–H groups in total. The number of aromatic nitrogens is 2. The largest absolute Gasteiger partial charge is 0.331 e. The second kappa shape index (κ2) is 4.58. The van der Waals surface area contributed by atoms with E-state index in [1.807, 2.05) is 0 Å².